The Morgan fingerprint density at radius 3 is 0.538 bits per heavy atom. The Kier molecular flexibility index (Phi) is 83.8. The third kappa shape index (κ3) is 70.1. The van der Waals surface area contributed by atoms with Crippen LogP contribution in [0.25, 0.3) is 0 Å². The fourth-order valence-electron chi connectivity index (χ4n) is 16.9. The molecule has 0 unspecified atom stereocenters. The molecule has 0 bridgehead atoms. The molecule has 0 atom stereocenters. The Balaban J connectivity index is 7.24. The molecule has 0 fully saturated rings. The third-order valence-electron chi connectivity index (χ3n) is 25.5. The molecule has 0 rings (SSSR count). The number of carbonyl (C=O) groups excluding carboxylic acids is 3. The van der Waals surface area contributed by atoms with Crippen molar-refractivity contribution in [3.05, 3.63) is 0 Å². The van der Waals surface area contributed by atoms with Crippen LogP contribution < -0.4 is 16.0 Å². The number of aliphatic hydroxyl groups excluding tert-OH is 6. The second kappa shape index (κ2) is 85.0. The van der Waals surface area contributed by atoms with Crippen LogP contribution in [0.3, 0.4) is 0 Å². The maximum atomic E-state index is 14.1. The average Bonchev–Trinajstić information content (AvgIpc) is 0.817. The summed E-state index contributed by atoms with van der Waals surface area (Å²) in [5.41, 5.74) is -5.11. The van der Waals surface area contributed by atoms with Gasteiger partial charge in [0, 0.05) is 31.7 Å². The first-order valence-corrected chi connectivity index (χ1v) is 53.4. The number of nitrogens with zero attached hydrogens (tertiary/aromatic N) is 1. The number of hydrogen-bond acceptors (Lipinski definition) is 12. The average molecular weight is 1680 g/mol. The molecule has 0 saturated heterocycles. The second-order valence-corrected chi connectivity index (χ2v) is 40.2. The highest BCUT2D eigenvalue weighted by Crippen LogP contribution is 2.29. The highest BCUT2D eigenvalue weighted by Gasteiger charge is 2.49. The summed E-state index contributed by atoms with van der Waals surface area (Å²) in [6.07, 6.45) is 88.2. The summed E-state index contributed by atoms with van der Waals surface area (Å²) in [6, 6.07) is 0.137. The van der Waals surface area contributed by atoms with Gasteiger partial charge >= 0.3 is 8.80 Å². The van der Waals surface area contributed by atoms with Crippen molar-refractivity contribution in [3.63, 3.8) is 0 Å². The summed E-state index contributed by atoms with van der Waals surface area (Å²) in [6.45, 7) is 8.47. The predicted molar refractivity (Wildman–Crippen MR) is 499 cm³/mol. The fraction of sp³-hybridized carbons (Fsp3) is 0.970. The zero-order chi connectivity index (χ0) is 85.7. The molecule has 0 saturated carbocycles. The van der Waals surface area contributed by atoms with Gasteiger partial charge in [-0.05, 0) is 44.9 Å². The van der Waals surface area contributed by atoms with Gasteiger partial charge in [-0.2, -0.15) is 0 Å². The number of aliphatic hydroxyl groups is 6. The van der Waals surface area contributed by atoms with Crippen LogP contribution in [0.15, 0.2) is 0 Å². The molecule has 0 aliphatic rings. The quantitative estimate of drug-likeness (QED) is 0.0157. The van der Waals surface area contributed by atoms with Crippen molar-refractivity contribution in [1.29, 1.82) is 0 Å². The molecular formula is C100H203N4O12Si+. The van der Waals surface area contributed by atoms with Crippen molar-refractivity contribution in [2.45, 2.75) is 539 Å². The van der Waals surface area contributed by atoms with Crippen molar-refractivity contribution < 1.29 is 62.8 Å². The van der Waals surface area contributed by atoms with Crippen molar-refractivity contribution in [1.82, 2.24) is 16.0 Å². The van der Waals surface area contributed by atoms with E-state index in [1.54, 1.807) is 0 Å². The first kappa shape index (κ1) is 115. The van der Waals surface area contributed by atoms with E-state index in [9.17, 15) is 45.0 Å². The summed E-state index contributed by atoms with van der Waals surface area (Å²) in [4.78, 5) is 42.2. The predicted octanol–water partition coefficient (Wildman–Crippen LogP) is 25.3. The number of unbranched alkanes of at least 4 members (excludes halogenated alkanes) is 66. The first-order chi connectivity index (χ1) is 57.2. The molecule has 0 radical (unpaired) electrons. The molecule has 698 valence electrons. The minimum Gasteiger partial charge on any atom is -0.394 e. The molecule has 16 nitrogen and oxygen atoms in total. The lowest BCUT2D eigenvalue weighted by Gasteiger charge is -2.41. The van der Waals surface area contributed by atoms with Crippen LogP contribution in [0.5, 0.6) is 0 Å². The summed E-state index contributed by atoms with van der Waals surface area (Å²) in [5, 5.41) is 77.1. The molecule has 17 heteroatoms. The number of quaternary nitrogens is 1. The summed E-state index contributed by atoms with van der Waals surface area (Å²) in [5.74, 6) is -1.02. The molecule has 0 aromatic carbocycles. The minimum atomic E-state index is -4.44. The van der Waals surface area contributed by atoms with Gasteiger partial charge in [0.05, 0.1) is 86.1 Å². The lowest BCUT2D eigenvalue weighted by atomic mass is 10.0. The van der Waals surface area contributed by atoms with Gasteiger partial charge in [-0.3, -0.25) is 14.4 Å². The molecule has 0 spiro atoms. The zero-order valence-corrected chi connectivity index (χ0v) is 79.8. The van der Waals surface area contributed by atoms with Gasteiger partial charge in [-0.1, -0.05) is 446 Å². The van der Waals surface area contributed by atoms with Gasteiger partial charge in [0.1, 0.15) is 16.6 Å². The number of hydrogen-bond donors (Lipinski definition) is 9. The lowest BCUT2D eigenvalue weighted by Crippen LogP contribution is -2.65. The van der Waals surface area contributed by atoms with Crippen LogP contribution in [-0.2, 0) is 27.7 Å². The Labute approximate surface area is 726 Å². The van der Waals surface area contributed by atoms with E-state index in [0.29, 0.717) is 32.2 Å². The van der Waals surface area contributed by atoms with Crippen LogP contribution in [0.4, 0.5) is 0 Å². The summed E-state index contributed by atoms with van der Waals surface area (Å²) in [7, 11) is -2.08. The third-order valence-corrected chi connectivity index (χ3v) is 28.3. The number of rotatable bonds is 98. The van der Waals surface area contributed by atoms with Crippen molar-refractivity contribution in [2.24, 2.45) is 0 Å². The van der Waals surface area contributed by atoms with Crippen LogP contribution in [0, 0.1) is 0 Å². The molecule has 0 aliphatic carbocycles. The van der Waals surface area contributed by atoms with Crippen LogP contribution >= 0.6 is 0 Å². The Morgan fingerprint density at radius 2 is 0.376 bits per heavy atom. The van der Waals surface area contributed by atoms with E-state index in [2.05, 4.69) is 57.6 Å². The zero-order valence-electron chi connectivity index (χ0n) is 78.8. The Hall–Kier alpha value is -1.77. The van der Waals surface area contributed by atoms with Crippen LogP contribution in [-0.4, -0.2) is 164 Å². The number of nitrogens with one attached hydrogen (secondary N) is 3. The molecular weight excluding hydrogens is 1480 g/mol. The number of carbonyl (C=O) groups is 3. The maximum Gasteiger partial charge on any atom is 0.501 e. The van der Waals surface area contributed by atoms with Crippen molar-refractivity contribution in [2.75, 3.05) is 86.1 Å². The topological polar surface area (TPSA) is 236 Å². The minimum absolute atomic E-state index is 0.137. The normalized spacial score (nSPS) is 12.4. The van der Waals surface area contributed by atoms with E-state index in [1.807, 2.05) is 0 Å². The first-order valence-electron chi connectivity index (χ1n) is 51.5. The second-order valence-electron chi connectivity index (χ2n) is 37.5. The van der Waals surface area contributed by atoms with Gasteiger partial charge in [0.15, 0.2) is 0 Å². The van der Waals surface area contributed by atoms with E-state index in [-0.39, 0.29) is 43.0 Å². The molecule has 9 N–H and O–H groups in total. The summed E-state index contributed by atoms with van der Waals surface area (Å²) >= 11 is 0. The fourth-order valence-corrected chi connectivity index (χ4v) is 19.7. The molecule has 0 heterocycles. The van der Waals surface area contributed by atoms with Gasteiger partial charge in [-0.25, -0.2) is 0 Å². The SMILES string of the molecule is CCCCCCCCCCCCCCCCCC[N+](C)(CCCCCCCCCCCCCCCCCC)CCC[Si](OCC(CO)(CO)NC(=O)CCCCCCCCCCCCCCC)(OCC(CO)(CO)NC(=O)CCCCCCCCCCCCCCC)OCC(CO)(CO)NC(=O)CCCCCCCCCCCCCCC. The highest BCUT2D eigenvalue weighted by atomic mass is 28.4. The lowest BCUT2D eigenvalue weighted by molar-refractivity contribution is -0.910. The largest absolute Gasteiger partial charge is 0.501 e. The molecule has 0 aromatic heterocycles. The van der Waals surface area contributed by atoms with Gasteiger partial charge < -0.3 is 64.4 Å². The molecule has 0 aromatic rings. The van der Waals surface area contributed by atoms with Gasteiger partial charge in [0.2, 0.25) is 17.7 Å². The smallest absolute Gasteiger partial charge is 0.394 e. The van der Waals surface area contributed by atoms with Gasteiger partial charge in [0.25, 0.3) is 0 Å². The highest BCUT2D eigenvalue weighted by molar-refractivity contribution is 6.60. The molecule has 3 amide bonds. The maximum absolute atomic E-state index is 14.1. The Morgan fingerprint density at radius 1 is 0.231 bits per heavy atom. The molecule has 0 aliphatic heterocycles. The van der Waals surface area contributed by atoms with E-state index >= 15 is 0 Å². The van der Waals surface area contributed by atoms with Crippen LogP contribution in [0.2, 0.25) is 6.04 Å². The standard InChI is InChI=1S/C100H202N4O12Si/c1-7-12-17-22-27-32-37-42-44-46-51-56-61-66-71-76-82-104(6,83-77-72-67-62-57-52-47-45-43-38-33-28-23-18-13-8-2)84-78-85-117(114-92-98(86-105,87-106)101-95(111)79-73-68-63-58-53-48-39-34-29-24-19-14-9-3,115-93-99(88-107,89-108)102-96(112)80-74-69-64-59-54-49-40-35-30-25-20-15-10-4)116-94-100(90-109,91-110)103-97(113)81-75-70-65-60-55-50-41-36-31-26-21-16-11-5/h105-110H,7-94H2,1-6H3,(H2-,101,102,103,111,112,113)/p+1. The van der Waals surface area contributed by atoms with E-state index in [0.717, 1.165) is 101 Å². The monoisotopic (exact) mass is 1680 g/mol. The summed E-state index contributed by atoms with van der Waals surface area (Å²) < 4.78 is 22.1. The number of amides is 3. The Bertz CT molecular complexity index is 1890. The van der Waals surface area contributed by atoms with E-state index in [4.69, 9.17) is 13.3 Å². The van der Waals surface area contributed by atoms with Crippen LogP contribution in [0.1, 0.15) is 516 Å². The van der Waals surface area contributed by atoms with E-state index in [1.165, 1.54) is 353 Å². The van der Waals surface area contributed by atoms with Gasteiger partial charge in [-0.15, -0.1) is 0 Å². The molecule has 117 heavy (non-hydrogen) atoms. The van der Waals surface area contributed by atoms with Crippen molar-refractivity contribution >= 4 is 26.5 Å². The van der Waals surface area contributed by atoms with Crippen molar-refractivity contribution in [3.8, 4) is 0 Å². The van der Waals surface area contributed by atoms with E-state index < -0.39 is 84.9 Å².